The molecule has 1 atom stereocenters. The molecule has 1 aliphatic rings. The van der Waals surface area contributed by atoms with E-state index in [9.17, 15) is 5.26 Å². The van der Waals surface area contributed by atoms with E-state index >= 15 is 0 Å². The minimum absolute atomic E-state index is 0.200. The van der Waals surface area contributed by atoms with Crippen LogP contribution in [0.5, 0.6) is 0 Å². The van der Waals surface area contributed by atoms with Crippen molar-refractivity contribution < 1.29 is 0 Å². The van der Waals surface area contributed by atoms with E-state index in [0.717, 1.165) is 32.5 Å². The molecule has 1 saturated heterocycles. The largest absolute Gasteiger partial charge is 0.297 e. The molecule has 0 amide bonds. The van der Waals surface area contributed by atoms with Crippen molar-refractivity contribution in [1.29, 1.82) is 5.26 Å². The van der Waals surface area contributed by atoms with Crippen LogP contribution in [-0.4, -0.2) is 18.0 Å². The van der Waals surface area contributed by atoms with Crippen LogP contribution in [0.1, 0.15) is 18.4 Å². The summed E-state index contributed by atoms with van der Waals surface area (Å²) in [4.78, 5) is 2.35. The second-order valence-corrected chi connectivity index (χ2v) is 4.59. The summed E-state index contributed by atoms with van der Waals surface area (Å²) < 4.78 is 0. The van der Waals surface area contributed by atoms with Gasteiger partial charge in [-0.1, -0.05) is 37.3 Å². The van der Waals surface area contributed by atoms with Crippen molar-refractivity contribution in [2.45, 2.75) is 19.4 Å². The predicted molar refractivity (Wildman–Crippen MR) is 64.4 cm³/mol. The van der Waals surface area contributed by atoms with Crippen LogP contribution in [0.3, 0.4) is 0 Å². The Morgan fingerprint density at radius 2 is 2.12 bits per heavy atom. The first-order valence-electron chi connectivity index (χ1n) is 5.75. The topological polar surface area (TPSA) is 27.0 Å². The number of hydrogen-bond donors (Lipinski definition) is 0. The van der Waals surface area contributed by atoms with Gasteiger partial charge in [-0.3, -0.25) is 4.90 Å². The van der Waals surface area contributed by atoms with Gasteiger partial charge in [0.1, 0.15) is 0 Å². The van der Waals surface area contributed by atoms with E-state index in [1.165, 1.54) is 5.56 Å². The first kappa shape index (κ1) is 11.2. The lowest BCUT2D eigenvalue weighted by Gasteiger charge is -2.20. The summed E-state index contributed by atoms with van der Waals surface area (Å²) in [6, 6.07) is 12.9. The molecule has 1 aromatic rings. The van der Waals surface area contributed by atoms with Gasteiger partial charge in [0.25, 0.3) is 0 Å². The minimum atomic E-state index is -0.200. The van der Waals surface area contributed by atoms with Gasteiger partial charge in [-0.15, -0.1) is 0 Å². The molecule has 1 aliphatic heterocycles. The van der Waals surface area contributed by atoms with Crippen LogP contribution in [0.15, 0.2) is 30.3 Å². The highest BCUT2D eigenvalue weighted by atomic mass is 15.2. The highest BCUT2D eigenvalue weighted by Crippen LogP contribution is 2.33. The van der Waals surface area contributed by atoms with Crippen molar-refractivity contribution in [3.05, 3.63) is 42.8 Å². The molecule has 0 aliphatic carbocycles. The van der Waals surface area contributed by atoms with E-state index in [4.69, 9.17) is 0 Å². The maximum Gasteiger partial charge on any atom is 0.0713 e. The lowest BCUT2D eigenvalue weighted by atomic mass is 9.86. The third-order valence-electron chi connectivity index (χ3n) is 3.40. The number of nitrogens with zero attached hydrogens (tertiary/aromatic N) is 2. The Balaban J connectivity index is 1.98. The van der Waals surface area contributed by atoms with E-state index in [1.54, 1.807) is 0 Å². The number of nitriles is 1. The molecular weight excluding hydrogens is 196 g/mol. The Hall–Kier alpha value is -1.33. The van der Waals surface area contributed by atoms with Gasteiger partial charge in [0, 0.05) is 19.6 Å². The van der Waals surface area contributed by atoms with E-state index < -0.39 is 0 Å². The zero-order valence-electron chi connectivity index (χ0n) is 9.52. The lowest BCUT2D eigenvalue weighted by molar-refractivity contribution is 0.294. The lowest BCUT2D eigenvalue weighted by Crippen LogP contribution is -2.25. The fourth-order valence-electron chi connectivity index (χ4n) is 2.29. The summed E-state index contributed by atoms with van der Waals surface area (Å²) >= 11 is 0. The van der Waals surface area contributed by atoms with E-state index in [0.29, 0.717) is 0 Å². The summed E-state index contributed by atoms with van der Waals surface area (Å²) in [7, 11) is 0. The number of benzene rings is 1. The number of hydrogen-bond acceptors (Lipinski definition) is 2. The van der Waals surface area contributed by atoms with Crippen LogP contribution < -0.4 is 0 Å². The van der Waals surface area contributed by atoms with Gasteiger partial charge in [0.2, 0.25) is 0 Å². The molecule has 16 heavy (non-hydrogen) atoms. The third-order valence-corrected chi connectivity index (χ3v) is 3.40. The fourth-order valence-corrected chi connectivity index (χ4v) is 2.29. The van der Waals surface area contributed by atoms with Crippen molar-refractivity contribution in [1.82, 2.24) is 4.90 Å². The Morgan fingerprint density at radius 3 is 2.69 bits per heavy atom. The van der Waals surface area contributed by atoms with E-state index in [2.05, 4.69) is 42.2 Å². The monoisotopic (exact) mass is 213 g/mol. The Bertz CT molecular complexity index is 379. The van der Waals surface area contributed by atoms with E-state index in [1.807, 2.05) is 6.07 Å². The standard InChI is InChI=1S/C14H17N2/c1-2-14(11-15)8-9-16(12-14)10-13-6-4-3-5-7-13/h3-7H,1-2,8-10,12H2. The summed E-state index contributed by atoms with van der Waals surface area (Å²) in [6.45, 7) is 6.73. The van der Waals surface area contributed by atoms with Crippen molar-refractivity contribution in [2.75, 3.05) is 13.1 Å². The molecule has 0 N–H and O–H groups in total. The van der Waals surface area contributed by atoms with Crippen molar-refractivity contribution in [3.63, 3.8) is 0 Å². The van der Waals surface area contributed by atoms with Crippen LogP contribution in [0, 0.1) is 23.7 Å². The molecule has 0 saturated carbocycles. The third kappa shape index (κ3) is 2.25. The predicted octanol–water partition coefficient (Wildman–Crippen LogP) is 2.63. The molecular formula is C14H17N2. The van der Waals surface area contributed by atoms with E-state index in [-0.39, 0.29) is 5.41 Å². The van der Waals surface area contributed by atoms with Gasteiger partial charge >= 0.3 is 0 Å². The van der Waals surface area contributed by atoms with Crippen LogP contribution in [-0.2, 0) is 6.54 Å². The van der Waals surface area contributed by atoms with Crippen LogP contribution in [0.2, 0.25) is 0 Å². The second-order valence-electron chi connectivity index (χ2n) is 4.59. The number of likely N-dealkylation sites (tertiary alicyclic amines) is 1. The maximum atomic E-state index is 9.18. The highest BCUT2D eigenvalue weighted by Gasteiger charge is 2.36. The smallest absolute Gasteiger partial charge is 0.0713 e. The average Bonchev–Trinajstić information content (AvgIpc) is 2.75. The Labute approximate surface area is 97.5 Å². The van der Waals surface area contributed by atoms with Gasteiger partial charge in [-0.05, 0) is 18.4 Å². The molecule has 1 radical (unpaired) electrons. The quantitative estimate of drug-likeness (QED) is 0.771. The van der Waals surface area contributed by atoms with Gasteiger partial charge in [-0.25, -0.2) is 0 Å². The minimum Gasteiger partial charge on any atom is -0.297 e. The van der Waals surface area contributed by atoms with Crippen molar-refractivity contribution in [3.8, 4) is 6.07 Å². The van der Waals surface area contributed by atoms with Gasteiger partial charge < -0.3 is 0 Å². The molecule has 1 fully saturated rings. The molecule has 1 unspecified atom stereocenters. The first-order chi connectivity index (χ1) is 7.78. The first-order valence-corrected chi connectivity index (χ1v) is 5.75. The molecule has 83 valence electrons. The summed E-state index contributed by atoms with van der Waals surface area (Å²) in [5, 5.41) is 9.18. The summed E-state index contributed by atoms with van der Waals surface area (Å²) in [6.07, 6.45) is 1.68. The SMILES string of the molecule is [CH2]CC1(C#N)CCN(Cc2ccccc2)C1. The Kier molecular flexibility index (Phi) is 3.26. The zero-order valence-corrected chi connectivity index (χ0v) is 9.52. The summed E-state index contributed by atoms with van der Waals surface area (Å²) in [5.41, 5.74) is 1.12. The molecule has 1 heterocycles. The molecule has 2 rings (SSSR count). The molecule has 0 bridgehead atoms. The molecule has 1 aromatic carbocycles. The normalized spacial score (nSPS) is 25.5. The second kappa shape index (κ2) is 4.67. The summed E-state index contributed by atoms with van der Waals surface area (Å²) in [5.74, 6) is 0. The van der Waals surface area contributed by atoms with Gasteiger partial charge in [0.15, 0.2) is 0 Å². The van der Waals surface area contributed by atoms with Crippen LogP contribution in [0.25, 0.3) is 0 Å². The van der Waals surface area contributed by atoms with Crippen LogP contribution >= 0.6 is 0 Å². The number of rotatable bonds is 3. The van der Waals surface area contributed by atoms with Crippen molar-refractivity contribution in [2.24, 2.45) is 5.41 Å². The van der Waals surface area contributed by atoms with Gasteiger partial charge in [-0.2, -0.15) is 5.26 Å². The fraction of sp³-hybridized carbons (Fsp3) is 0.429. The maximum absolute atomic E-state index is 9.18. The van der Waals surface area contributed by atoms with Crippen molar-refractivity contribution >= 4 is 0 Å². The Morgan fingerprint density at radius 1 is 1.38 bits per heavy atom. The van der Waals surface area contributed by atoms with Gasteiger partial charge in [0.05, 0.1) is 11.5 Å². The molecule has 0 aromatic heterocycles. The molecule has 2 heteroatoms. The molecule has 2 nitrogen and oxygen atoms in total. The molecule has 0 spiro atoms. The van der Waals surface area contributed by atoms with Crippen LogP contribution in [0.4, 0.5) is 0 Å². The average molecular weight is 213 g/mol. The zero-order chi connectivity index (χ0) is 11.4. The highest BCUT2D eigenvalue weighted by molar-refractivity contribution is 5.15.